The summed E-state index contributed by atoms with van der Waals surface area (Å²) in [6, 6.07) is 14.1. The van der Waals surface area contributed by atoms with E-state index in [2.05, 4.69) is 32.0 Å². The van der Waals surface area contributed by atoms with Gasteiger partial charge in [-0.3, -0.25) is 10.0 Å². The minimum atomic E-state index is -3.68. The lowest BCUT2D eigenvalue weighted by molar-refractivity contribution is -0.131. The van der Waals surface area contributed by atoms with E-state index in [0.717, 1.165) is 22.9 Å². The molecule has 0 radical (unpaired) electrons. The fourth-order valence-electron chi connectivity index (χ4n) is 2.75. The summed E-state index contributed by atoms with van der Waals surface area (Å²) in [5.41, 5.74) is 7.07. The van der Waals surface area contributed by atoms with Gasteiger partial charge in [-0.05, 0) is 61.4 Å². The number of hydrogen-bond acceptors (Lipinski definition) is 4. The van der Waals surface area contributed by atoms with Gasteiger partial charge >= 0.3 is 0 Å². The number of aryl methyl sites for hydroxylation is 3. The van der Waals surface area contributed by atoms with Crippen molar-refractivity contribution in [3.63, 3.8) is 0 Å². The molecule has 0 fully saturated rings. The number of hydrogen-bond donors (Lipinski definition) is 2. The molecule has 1 unspecified atom stereocenters. The Kier molecular flexibility index (Phi) is 5.88. The quantitative estimate of drug-likeness (QED) is 0.600. The van der Waals surface area contributed by atoms with Crippen LogP contribution < -0.4 is 5.48 Å². The second-order valence-electron chi connectivity index (χ2n) is 6.94. The van der Waals surface area contributed by atoms with Gasteiger partial charge in [0.15, 0.2) is 9.84 Å². The Morgan fingerprint density at radius 2 is 1.62 bits per heavy atom. The van der Waals surface area contributed by atoms with Crippen LogP contribution in [0.5, 0.6) is 0 Å². The lowest BCUT2D eigenvalue weighted by Crippen LogP contribution is -2.49. The highest BCUT2D eigenvalue weighted by atomic mass is 32.2. The van der Waals surface area contributed by atoms with E-state index in [-0.39, 0.29) is 6.42 Å². The minimum absolute atomic E-state index is 0.0845. The van der Waals surface area contributed by atoms with Gasteiger partial charge in [0.05, 0.1) is 0 Å². The van der Waals surface area contributed by atoms with Crippen LogP contribution in [0.15, 0.2) is 42.5 Å². The van der Waals surface area contributed by atoms with E-state index in [1.807, 2.05) is 24.3 Å². The van der Waals surface area contributed by atoms with E-state index in [0.29, 0.717) is 6.42 Å². The van der Waals surface area contributed by atoms with Crippen LogP contribution in [-0.4, -0.2) is 30.5 Å². The molecule has 0 aliphatic heterocycles. The Morgan fingerprint density at radius 1 is 1.04 bits per heavy atom. The molecule has 1 amide bonds. The first kappa shape index (κ1) is 20.1. The highest BCUT2D eigenvalue weighted by molar-refractivity contribution is 7.92. The zero-order valence-corrected chi connectivity index (χ0v) is 16.4. The molecule has 0 aliphatic rings. The van der Waals surface area contributed by atoms with E-state index in [1.165, 1.54) is 23.5 Å². The van der Waals surface area contributed by atoms with Crippen molar-refractivity contribution >= 4 is 15.7 Å². The first-order valence-corrected chi connectivity index (χ1v) is 10.3. The van der Waals surface area contributed by atoms with Gasteiger partial charge < -0.3 is 0 Å². The molecule has 1 atom stereocenters. The van der Waals surface area contributed by atoms with Gasteiger partial charge in [0.1, 0.15) is 4.75 Å². The van der Waals surface area contributed by atoms with Crippen LogP contribution in [0.3, 0.4) is 0 Å². The smallest absolute Gasteiger partial charge is 0.264 e. The third-order valence-electron chi connectivity index (χ3n) is 5.09. The molecular weight excluding hydrogens is 350 g/mol. The summed E-state index contributed by atoms with van der Waals surface area (Å²) in [4.78, 5) is 11.9. The highest BCUT2D eigenvalue weighted by Crippen LogP contribution is 2.26. The molecule has 2 aromatic rings. The Balaban J connectivity index is 2.18. The average Bonchev–Trinajstić information content (AvgIpc) is 2.60. The number of sulfone groups is 1. The van der Waals surface area contributed by atoms with Crippen molar-refractivity contribution in [2.75, 3.05) is 6.26 Å². The van der Waals surface area contributed by atoms with E-state index in [1.54, 1.807) is 0 Å². The highest BCUT2D eigenvalue weighted by Gasteiger charge is 2.43. The predicted octanol–water partition coefficient (Wildman–Crippen LogP) is 3.21. The summed E-state index contributed by atoms with van der Waals surface area (Å²) in [6.07, 6.45) is 1.50. The number of rotatable bonds is 6. The zero-order chi connectivity index (χ0) is 19.5. The van der Waals surface area contributed by atoms with Gasteiger partial charge in [-0.25, -0.2) is 13.9 Å². The molecule has 26 heavy (non-hydrogen) atoms. The summed E-state index contributed by atoms with van der Waals surface area (Å²) in [6.45, 7) is 5.48. The number of carbonyl (C=O) groups is 1. The van der Waals surface area contributed by atoms with Crippen molar-refractivity contribution in [1.82, 2.24) is 5.48 Å². The van der Waals surface area contributed by atoms with Crippen LogP contribution >= 0.6 is 0 Å². The second kappa shape index (κ2) is 7.60. The molecule has 0 saturated carbocycles. The van der Waals surface area contributed by atoms with E-state index in [4.69, 9.17) is 5.21 Å². The topological polar surface area (TPSA) is 83.5 Å². The van der Waals surface area contributed by atoms with Crippen LogP contribution in [0, 0.1) is 13.8 Å². The summed E-state index contributed by atoms with van der Waals surface area (Å²) in [5, 5.41) is 8.87. The van der Waals surface area contributed by atoms with Crippen LogP contribution in [0.25, 0.3) is 11.1 Å². The van der Waals surface area contributed by atoms with Gasteiger partial charge in [0.2, 0.25) is 0 Å². The standard InChI is InChI=1S/C20H25NO4S/c1-14-5-8-18(13-15(14)2)17-9-6-16(7-10-17)11-12-20(3,19(22)21-23)26(4,24)25/h5-10,13,23H,11-12H2,1-4H3,(H,21,22). The van der Waals surface area contributed by atoms with Crippen molar-refractivity contribution < 1.29 is 18.4 Å². The third kappa shape index (κ3) is 4.14. The minimum Gasteiger partial charge on any atom is -0.289 e. The van der Waals surface area contributed by atoms with Crippen LogP contribution in [0.4, 0.5) is 0 Å². The maximum Gasteiger partial charge on any atom is 0.264 e. The van der Waals surface area contributed by atoms with Crippen molar-refractivity contribution in [2.24, 2.45) is 0 Å². The van der Waals surface area contributed by atoms with E-state index < -0.39 is 20.5 Å². The van der Waals surface area contributed by atoms with Crippen molar-refractivity contribution in [2.45, 2.75) is 38.4 Å². The number of carbonyl (C=O) groups excluding carboxylic acids is 1. The summed E-state index contributed by atoms with van der Waals surface area (Å²) >= 11 is 0. The monoisotopic (exact) mass is 375 g/mol. The van der Waals surface area contributed by atoms with Crippen LogP contribution in [0.1, 0.15) is 30.0 Å². The first-order chi connectivity index (χ1) is 12.1. The molecule has 6 heteroatoms. The van der Waals surface area contributed by atoms with Crippen molar-refractivity contribution in [3.05, 3.63) is 59.2 Å². The third-order valence-corrected chi connectivity index (χ3v) is 7.11. The van der Waals surface area contributed by atoms with Crippen molar-refractivity contribution in [1.29, 1.82) is 0 Å². The number of benzene rings is 2. The van der Waals surface area contributed by atoms with Gasteiger partial charge in [-0.15, -0.1) is 0 Å². The fourth-order valence-corrected chi connectivity index (χ4v) is 3.61. The van der Waals surface area contributed by atoms with Gasteiger partial charge in [0.25, 0.3) is 5.91 Å². The summed E-state index contributed by atoms with van der Waals surface area (Å²) in [5.74, 6) is -0.910. The molecule has 0 bridgehead atoms. The number of amides is 1. The molecule has 2 aromatic carbocycles. The zero-order valence-electron chi connectivity index (χ0n) is 15.5. The number of hydroxylamine groups is 1. The Morgan fingerprint density at radius 3 is 2.12 bits per heavy atom. The molecule has 0 aromatic heterocycles. The molecule has 0 saturated heterocycles. The molecule has 0 spiro atoms. The Bertz CT molecular complexity index is 904. The normalized spacial score (nSPS) is 13.9. The van der Waals surface area contributed by atoms with Crippen LogP contribution in [-0.2, 0) is 21.1 Å². The van der Waals surface area contributed by atoms with Gasteiger partial charge in [-0.1, -0.05) is 42.5 Å². The molecule has 5 nitrogen and oxygen atoms in total. The molecular formula is C20H25NO4S. The summed E-state index contributed by atoms with van der Waals surface area (Å²) < 4.78 is 22.3. The molecule has 0 heterocycles. The average molecular weight is 375 g/mol. The van der Waals surface area contributed by atoms with Crippen LogP contribution in [0.2, 0.25) is 0 Å². The molecule has 0 aliphatic carbocycles. The maximum atomic E-state index is 12.0. The largest absolute Gasteiger partial charge is 0.289 e. The van der Waals surface area contributed by atoms with Gasteiger partial charge in [0, 0.05) is 6.26 Å². The lowest BCUT2D eigenvalue weighted by atomic mass is 9.96. The molecule has 2 rings (SSSR count). The first-order valence-electron chi connectivity index (χ1n) is 8.39. The number of nitrogens with one attached hydrogen (secondary N) is 1. The van der Waals surface area contributed by atoms with Crippen molar-refractivity contribution in [3.8, 4) is 11.1 Å². The van der Waals surface area contributed by atoms with E-state index >= 15 is 0 Å². The van der Waals surface area contributed by atoms with Gasteiger partial charge in [-0.2, -0.15) is 0 Å². The molecule has 140 valence electrons. The SMILES string of the molecule is Cc1ccc(-c2ccc(CCC(C)(C(=O)NO)S(C)(=O)=O)cc2)cc1C. The second-order valence-corrected chi connectivity index (χ2v) is 9.39. The summed E-state index contributed by atoms with van der Waals surface area (Å²) in [7, 11) is -3.68. The van der Waals surface area contributed by atoms with E-state index in [9.17, 15) is 13.2 Å². The Hall–Kier alpha value is -2.18. The predicted molar refractivity (Wildman–Crippen MR) is 103 cm³/mol. The maximum absolute atomic E-state index is 12.0. The fraction of sp³-hybridized carbons (Fsp3) is 0.350. The lowest BCUT2D eigenvalue weighted by Gasteiger charge is -2.25. The molecule has 2 N–H and O–H groups in total. The Labute approximate surface area is 154 Å².